The Morgan fingerprint density at radius 1 is 0.962 bits per heavy atom. The van der Waals surface area contributed by atoms with Crippen LogP contribution in [0, 0.1) is 0 Å². The first-order valence-corrected chi connectivity index (χ1v) is 8.33. The molecule has 26 heavy (non-hydrogen) atoms. The summed E-state index contributed by atoms with van der Waals surface area (Å²) in [6.45, 7) is 0.423. The summed E-state index contributed by atoms with van der Waals surface area (Å²) in [5, 5.41) is 11.2. The van der Waals surface area contributed by atoms with Crippen LogP contribution in [0.2, 0.25) is 0 Å². The van der Waals surface area contributed by atoms with Gasteiger partial charge in [-0.2, -0.15) is 5.10 Å². The van der Waals surface area contributed by atoms with Gasteiger partial charge >= 0.3 is 0 Å². The highest BCUT2D eigenvalue weighted by Gasteiger charge is 2.09. The fourth-order valence-corrected chi connectivity index (χ4v) is 3.12. The van der Waals surface area contributed by atoms with Crippen LogP contribution in [0.15, 0.2) is 65.8 Å². The summed E-state index contributed by atoms with van der Waals surface area (Å²) in [6, 6.07) is 15.3. The zero-order valence-electron chi connectivity index (χ0n) is 13.8. The van der Waals surface area contributed by atoms with E-state index in [0.29, 0.717) is 24.2 Å². The number of nitrogens with zero attached hydrogens (tertiary/aromatic N) is 6. The minimum absolute atomic E-state index is 0.0982. The first kappa shape index (κ1) is 14.7. The number of benzene rings is 2. The van der Waals surface area contributed by atoms with Gasteiger partial charge in [0.15, 0.2) is 11.5 Å². The molecule has 0 saturated carbocycles. The average Bonchev–Trinajstić information content (AvgIpc) is 3.11. The van der Waals surface area contributed by atoms with Crippen LogP contribution in [0.4, 0.5) is 0 Å². The van der Waals surface area contributed by atoms with Crippen LogP contribution in [0.1, 0.15) is 5.82 Å². The monoisotopic (exact) mass is 342 g/mol. The summed E-state index contributed by atoms with van der Waals surface area (Å²) in [5.41, 5.74) is 1.55. The maximum Gasteiger partial charge on any atom is 0.274 e. The molecule has 0 unspecified atom stereocenters. The van der Waals surface area contributed by atoms with Crippen LogP contribution in [0.3, 0.4) is 0 Å². The third kappa shape index (κ3) is 2.33. The van der Waals surface area contributed by atoms with Gasteiger partial charge in [-0.1, -0.05) is 30.3 Å². The fourth-order valence-electron chi connectivity index (χ4n) is 3.12. The van der Waals surface area contributed by atoms with Gasteiger partial charge in [0.2, 0.25) is 0 Å². The van der Waals surface area contributed by atoms with Gasteiger partial charge in [-0.05, 0) is 18.2 Å². The Morgan fingerprint density at radius 3 is 2.69 bits per heavy atom. The second-order valence-corrected chi connectivity index (χ2v) is 6.07. The smallest absolute Gasteiger partial charge is 0.267 e. The molecule has 5 aromatic rings. The highest BCUT2D eigenvalue weighted by atomic mass is 16.1. The van der Waals surface area contributed by atoms with Crippen LogP contribution in [0.25, 0.3) is 27.3 Å². The summed E-state index contributed by atoms with van der Waals surface area (Å²) in [5.74, 6) is 0.657. The second-order valence-electron chi connectivity index (χ2n) is 6.07. The molecule has 0 radical (unpaired) electrons. The SMILES string of the molecule is O=c1c2ccccc2cnn1CCc1nc2c3ccccc3ncn2n1. The summed E-state index contributed by atoms with van der Waals surface area (Å²) in [7, 11) is 0. The second kappa shape index (κ2) is 5.73. The van der Waals surface area contributed by atoms with Crippen LogP contribution in [-0.4, -0.2) is 29.4 Å². The first-order chi connectivity index (χ1) is 12.8. The third-order valence-electron chi connectivity index (χ3n) is 4.44. The molecule has 0 N–H and O–H groups in total. The molecule has 0 bridgehead atoms. The van der Waals surface area contributed by atoms with Crippen molar-refractivity contribution in [1.82, 2.24) is 29.4 Å². The molecule has 3 heterocycles. The zero-order valence-corrected chi connectivity index (χ0v) is 13.8. The summed E-state index contributed by atoms with van der Waals surface area (Å²) >= 11 is 0. The average molecular weight is 342 g/mol. The number of hydrogen-bond donors (Lipinski definition) is 0. The van der Waals surface area contributed by atoms with Crippen molar-refractivity contribution in [2.24, 2.45) is 0 Å². The van der Waals surface area contributed by atoms with E-state index in [0.717, 1.165) is 21.9 Å². The van der Waals surface area contributed by atoms with Crippen LogP contribution >= 0.6 is 0 Å². The fraction of sp³-hybridized carbons (Fsp3) is 0.105. The van der Waals surface area contributed by atoms with E-state index in [-0.39, 0.29) is 5.56 Å². The minimum Gasteiger partial charge on any atom is -0.267 e. The maximum atomic E-state index is 12.5. The Hall–Kier alpha value is -3.61. The van der Waals surface area contributed by atoms with Crippen LogP contribution in [0.5, 0.6) is 0 Å². The number of rotatable bonds is 3. The normalized spacial score (nSPS) is 11.5. The molecule has 0 aliphatic carbocycles. The quantitative estimate of drug-likeness (QED) is 0.502. The maximum absolute atomic E-state index is 12.5. The van der Waals surface area contributed by atoms with Crippen molar-refractivity contribution in [2.75, 3.05) is 0 Å². The van der Waals surface area contributed by atoms with Crippen LogP contribution < -0.4 is 5.56 Å². The van der Waals surface area contributed by atoms with Gasteiger partial charge in [-0.3, -0.25) is 4.79 Å². The molecule has 0 fully saturated rings. The molecule has 0 aliphatic heterocycles. The highest BCUT2D eigenvalue weighted by molar-refractivity contribution is 5.90. The Balaban J connectivity index is 1.49. The molecule has 0 amide bonds. The Labute approximate surface area is 147 Å². The number of aromatic nitrogens is 6. The lowest BCUT2D eigenvalue weighted by molar-refractivity contribution is 0.572. The lowest BCUT2D eigenvalue weighted by Crippen LogP contribution is -2.23. The Morgan fingerprint density at radius 2 is 1.77 bits per heavy atom. The van der Waals surface area contributed by atoms with Gasteiger partial charge in [0, 0.05) is 17.2 Å². The predicted molar refractivity (Wildman–Crippen MR) is 98.0 cm³/mol. The molecular formula is C19H14N6O. The van der Waals surface area contributed by atoms with E-state index in [1.54, 1.807) is 17.0 Å². The molecule has 7 heteroatoms. The first-order valence-electron chi connectivity index (χ1n) is 8.33. The van der Waals surface area contributed by atoms with Crippen molar-refractivity contribution >= 4 is 27.3 Å². The molecule has 2 aromatic carbocycles. The molecular weight excluding hydrogens is 328 g/mol. The highest BCUT2D eigenvalue weighted by Crippen LogP contribution is 2.16. The third-order valence-corrected chi connectivity index (χ3v) is 4.44. The minimum atomic E-state index is -0.0982. The zero-order chi connectivity index (χ0) is 17.5. The summed E-state index contributed by atoms with van der Waals surface area (Å²) in [4.78, 5) is 21.5. The van der Waals surface area contributed by atoms with Crippen LogP contribution in [-0.2, 0) is 13.0 Å². The van der Waals surface area contributed by atoms with Crippen molar-refractivity contribution < 1.29 is 0 Å². The van der Waals surface area contributed by atoms with Crippen molar-refractivity contribution in [1.29, 1.82) is 0 Å². The van der Waals surface area contributed by atoms with Crippen molar-refractivity contribution in [3.8, 4) is 0 Å². The molecule has 0 aliphatic rings. The largest absolute Gasteiger partial charge is 0.274 e. The summed E-state index contributed by atoms with van der Waals surface area (Å²) in [6.07, 6.45) is 3.89. The molecule has 5 rings (SSSR count). The molecule has 7 nitrogen and oxygen atoms in total. The summed E-state index contributed by atoms with van der Waals surface area (Å²) < 4.78 is 3.14. The van der Waals surface area contributed by atoms with E-state index < -0.39 is 0 Å². The van der Waals surface area contributed by atoms with Gasteiger partial charge in [0.1, 0.15) is 6.33 Å². The van der Waals surface area contributed by atoms with Gasteiger partial charge in [0.05, 0.1) is 23.6 Å². The lowest BCUT2D eigenvalue weighted by atomic mass is 10.2. The van der Waals surface area contributed by atoms with Gasteiger partial charge < -0.3 is 0 Å². The predicted octanol–water partition coefficient (Wildman–Crippen LogP) is 2.23. The van der Waals surface area contributed by atoms with E-state index in [9.17, 15) is 4.79 Å². The molecule has 0 saturated heterocycles. The van der Waals surface area contributed by atoms with E-state index in [1.165, 1.54) is 4.68 Å². The topological polar surface area (TPSA) is 78.0 Å². The van der Waals surface area contributed by atoms with Crippen molar-refractivity contribution in [3.05, 3.63) is 77.2 Å². The van der Waals surface area contributed by atoms with E-state index >= 15 is 0 Å². The number of fused-ring (bicyclic) bond motifs is 4. The number of hydrogen-bond acceptors (Lipinski definition) is 5. The lowest BCUT2D eigenvalue weighted by Gasteiger charge is -2.04. The number of para-hydroxylation sites is 1. The van der Waals surface area contributed by atoms with Crippen molar-refractivity contribution in [2.45, 2.75) is 13.0 Å². The molecule has 3 aromatic heterocycles. The van der Waals surface area contributed by atoms with E-state index in [1.807, 2.05) is 48.5 Å². The molecule has 126 valence electrons. The molecule has 0 spiro atoms. The van der Waals surface area contributed by atoms with Gasteiger partial charge in [-0.15, -0.1) is 5.10 Å². The Kier molecular flexibility index (Phi) is 3.24. The van der Waals surface area contributed by atoms with Gasteiger partial charge in [0.25, 0.3) is 5.56 Å². The standard InChI is InChI=1S/C19H14N6O/c26-19-14-6-2-1-5-13(14)11-21-24(19)10-9-17-22-18-15-7-3-4-8-16(15)20-12-25(18)23-17/h1-8,11-12H,9-10H2. The van der Waals surface area contributed by atoms with E-state index in [4.69, 9.17) is 0 Å². The number of aryl methyl sites for hydroxylation is 2. The Bertz CT molecular complexity index is 1320. The van der Waals surface area contributed by atoms with Gasteiger partial charge in [-0.25, -0.2) is 19.2 Å². The van der Waals surface area contributed by atoms with E-state index in [2.05, 4.69) is 20.2 Å². The molecule has 0 atom stereocenters. The van der Waals surface area contributed by atoms with Crippen molar-refractivity contribution in [3.63, 3.8) is 0 Å².